The molecule has 0 spiro atoms. The van der Waals surface area contributed by atoms with Crippen molar-refractivity contribution in [2.75, 3.05) is 19.7 Å². The summed E-state index contributed by atoms with van der Waals surface area (Å²) in [6.45, 7) is 1.80. The van der Waals surface area contributed by atoms with Crippen LogP contribution in [0.5, 0.6) is 0 Å². The first kappa shape index (κ1) is 14.4. The van der Waals surface area contributed by atoms with Crippen molar-refractivity contribution in [2.45, 2.75) is 25.7 Å². The lowest BCUT2D eigenvalue weighted by atomic mass is 9.95. The molecule has 0 aliphatic carbocycles. The average molecular weight is 282 g/mol. The van der Waals surface area contributed by atoms with Crippen molar-refractivity contribution >= 4 is 17.5 Å². The van der Waals surface area contributed by atoms with Gasteiger partial charge in [0.05, 0.1) is 6.42 Å². The highest BCUT2D eigenvalue weighted by atomic mass is 35.5. The second-order valence-electron chi connectivity index (χ2n) is 5.13. The fraction of sp³-hybridized carbons (Fsp3) is 0.533. The van der Waals surface area contributed by atoms with Gasteiger partial charge in [0.1, 0.15) is 0 Å². The number of amides is 1. The number of hydrogen-bond donors (Lipinski definition) is 1. The number of carbonyl (C=O) groups is 1. The predicted octanol–water partition coefficient (Wildman–Crippen LogP) is 2.50. The summed E-state index contributed by atoms with van der Waals surface area (Å²) in [7, 11) is 0. The van der Waals surface area contributed by atoms with E-state index in [9.17, 15) is 4.79 Å². The van der Waals surface area contributed by atoms with Gasteiger partial charge in [0.2, 0.25) is 5.91 Å². The number of rotatable bonds is 4. The van der Waals surface area contributed by atoms with Gasteiger partial charge in [0.25, 0.3) is 0 Å². The molecule has 1 heterocycles. The normalized spacial score (nSPS) is 19.5. The molecule has 1 aliphatic heterocycles. The van der Waals surface area contributed by atoms with E-state index in [4.69, 9.17) is 16.7 Å². The van der Waals surface area contributed by atoms with E-state index in [2.05, 4.69) is 0 Å². The third-order valence-corrected chi connectivity index (χ3v) is 4.08. The van der Waals surface area contributed by atoms with Crippen LogP contribution in [0, 0.1) is 5.92 Å². The molecule has 1 fully saturated rings. The van der Waals surface area contributed by atoms with Gasteiger partial charge in [0.15, 0.2) is 0 Å². The van der Waals surface area contributed by atoms with E-state index in [0.717, 1.165) is 37.9 Å². The summed E-state index contributed by atoms with van der Waals surface area (Å²) in [4.78, 5) is 14.2. The minimum Gasteiger partial charge on any atom is -0.396 e. The lowest BCUT2D eigenvalue weighted by Crippen LogP contribution is -2.41. The van der Waals surface area contributed by atoms with Gasteiger partial charge in [-0.1, -0.05) is 29.8 Å². The molecular weight excluding hydrogens is 262 g/mol. The summed E-state index contributed by atoms with van der Waals surface area (Å²) in [6, 6.07) is 7.48. The number of carbonyl (C=O) groups excluding carboxylic acids is 1. The zero-order chi connectivity index (χ0) is 13.7. The van der Waals surface area contributed by atoms with Crippen molar-refractivity contribution < 1.29 is 9.90 Å². The Morgan fingerprint density at radius 1 is 1.42 bits per heavy atom. The summed E-state index contributed by atoms with van der Waals surface area (Å²) < 4.78 is 0. The molecule has 19 heavy (non-hydrogen) atoms. The van der Waals surface area contributed by atoms with Crippen LogP contribution in [-0.4, -0.2) is 35.6 Å². The Bertz CT molecular complexity index is 434. The van der Waals surface area contributed by atoms with Gasteiger partial charge in [0, 0.05) is 24.7 Å². The monoisotopic (exact) mass is 281 g/mol. The quantitative estimate of drug-likeness (QED) is 0.921. The Labute approximate surface area is 119 Å². The van der Waals surface area contributed by atoms with E-state index < -0.39 is 0 Å². The van der Waals surface area contributed by atoms with Crippen LogP contribution in [0.3, 0.4) is 0 Å². The Balaban J connectivity index is 1.94. The van der Waals surface area contributed by atoms with E-state index >= 15 is 0 Å². The first-order valence-electron chi connectivity index (χ1n) is 6.82. The van der Waals surface area contributed by atoms with Crippen LogP contribution in [0.15, 0.2) is 24.3 Å². The topological polar surface area (TPSA) is 40.5 Å². The second-order valence-corrected chi connectivity index (χ2v) is 5.54. The standard InChI is InChI=1S/C15H20ClNO2/c16-14-6-2-1-5-13(14)10-15(19)17-8-3-4-12(11-17)7-9-18/h1-2,5-6,12,18H,3-4,7-11H2. The molecule has 0 radical (unpaired) electrons. The Hall–Kier alpha value is -1.06. The van der Waals surface area contributed by atoms with Crippen LogP contribution in [0.2, 0.25) is 5.02 Å². The number of aliphatic hydroxyl groups is 1. The Morgan fingerprint density at radius 3 is 2.95 bits per heavy atom. The number of nitrogens with zero attached hydrogens (tertiary/aromatic N) is 1. The van der Waals surface area contributed by atoms with Crippen LogP contribution in [0.1, 0.15) is 24.8 Å². The first-order valence-corrected chi connectivity index (χ1v) is 7.20. The van der Waals surface area contributed by atoms with Crippen LogP contribution < -0.4 is 0 Å². The molecule has 3 nitrogen and oxygen atoms in total. The summed E-state index contributed by atoms with van der Waals surface area (Å²) >= 11 is 6.08. The van der Waals surface area contributed by atoms with Crippen molar-refractivity contribution in [1.82, 2.24) is 4.90 Å². The van der Waals surface area contributed by atoms with Gasteiger partial charge in [-0.05, 0) is 36.8 Å². The van der Waals surface area contributed by atoms with E-state index in [-0.39, 0.29) is 12.5 Å². The maximum atomic E-state index is 12.3. The summed E-state index contributed by atoms with van der Waals surface area (Å²) in [5, 5.41) is 9.65. The highest BCUT2D eigenvalue weighted by molar-refractivity contribution is 6.31. The van der Waals surface area contributed by atoms with Crippen LogP contribution in [0.25, 0.3) is 0 Å². The van der Waals surface area contributed by atoms with Crippen molar-refractivity contribution in [2.24, 2.45) is 5.92 Å². The summed E-state index contributed by atoms with van der Waals surface area (Å²) in [5.41, 5.74) is 0.887. The number of benzene rings is 1. The van der Waals surface area contributed by atoms with Gasteiger partial charge in [-0.3, -0.25) is 4.79 Å². The van der Waals surface area contributed by atoms with Crippen molar-refractivity contribution in [1.29, 1.82) is 0 Å². The molecule has 1 atom stereocenters. The van der Waals surface area contributed by atoms with E-state index in [1.54, 1.807) is 0 Å². The smallest absolute Gasteiger partial charge is 0.227 e. The van der Waals surface area contributed by atoms with Crippen molar-refractivity contribution in [3.05, 3.63) is 34.9 Å². The first-order chi connectivity index (χ1) is 9.20. The summed E-state index contributed by atoms with van der Waals surface area (Å²) in [6.07, 6.45) is 3.29. The molecule has 1 amide bonds. The zero-order valence-electron chi connectivity index (χ0n) is 11.0. The van der Waals surface area contributed by atoms with Gasteiger partial charge in [-0.15, -0.1) is 0 Å². The largest absolute Gasteiger partial charge is 0.396 e. The summed E-state index contributed by atoms with van der Waals surface area (Å²) in [5.74, 6) is 0.574. The minimum atomic E-state index is 0.135. The molecule has 0 aromatic heterocycles. The highest BCUT2D eigenvalue weighted by Gasteiger charge is 2.23. The third kappa shape index (κ3) is 3.95. The van der Waals surface area contributed by atoms with E-state index in [1.165, 1.54) is 0 Å². The van der Waals surface area contributed by atoms with E-state index in [1.807, 2.05) is 29.2 Å². The third-order valence-electron chi connectivity index (χ3n) is 3.71. The number of aliphatic hydroxyl groups excluding tert-OH is 1. The fourth-order valence-corrected chi connectivity index (χ4v) is 2.83. The predicted molar refractivity (Wildman–Crippen MR) is 76.2 cm³/mol. The molecule has 0 bridgehead atoms. The number of hydrogen-bond acceptors (Lipinski definition) is 2. The molecule has 1 unspecified atom stereocenters. The fourth-order valence-electron chi connectivity index (χ4n) is 2.63. The second kappa shape index (κ2) is 6.92. The molecule has 1 aliphatic rings. The number of halogens is 1. The SMILES string of the molecule is O=C(Cc1ccccc1Cl)N1CCCC(CCO)C1. The van der Waals surface area contributed by atoms with Crippen molar-refractivity contribution in [3.8, 4) is 0 Å². The van der Waals surface area contributed by atoms with Crippen LogP contribution in [0.4, 0.5) is 0 Å². The van der Waals surface area contributed by atoms with Crippen molar-refractivity contribution in [3.63, 3.8) is 0 Å². The van der Waals surface area contributed by atoms with Gasteiger partial charge in [-0.2, -0.15) is 0 Å². The maximum absolute atomic E-state index is 12.3. The van der Waals surface area contributed by atoms with Crippen LogP contribution >= 0.6 is 11.6 Å². The zero-order valence-corrected chi connectivity index (χ0v) is 11.8. The molecule has 0 saturated carbocycles. The van der Waals surface area contributed by atoms with Crippen LogP contribution in [-0.2, 0) is 11.2 Å². The lowest BCUT2D eigenvalue weighted by Gasteiger charge is -2.32. The number of piperidine rings is 1. The van der Waals surface area contributed by atoms with Gasteiger partial charge in [-0.25, -0.2) is 0 Å². The van der Waals surface area contributed by atoms with Gasteiger partial charge < -0.3 is 10.0 Å². The molecular formula is C15H20ClNO2. The van der Waals surface area contributed by atoms with E-state index in [0.29, 0.717) is 17.4 Å². The minimum absolute atomic E-state index is 0.135. The molecule has 2 rings (SSSR count). The molecule has 1 aromatic rings. The molecule has 4 heteroatoms. The molecule has 1 saturated heterocycles. The Morgan fingerprint density at radius 2 is 2.21 bits per heavy atom. The highest BCUT2D eigenvalue weighted by Crippen LogP contribution is 2.21. The molecule has 1 N–H and O–H groups in total. The molecule has 104 valence electrons. The molecule has 1 aromatic carbocycles. The number of likely N-dealkylation sites (tertiary alicyclic amines) is 1. The maximum Gasteiger partial charge on any atom is 0.227 e. The Kier molecular flexibility index (Phi) is 5.23. The lowest BCUT2D eigenvalue weighted by molar-refractivity contribution is -0.132. The average Bonchev–Trinajstić information content (AvgIpc) is 2.42. The van der Waals surface area contributed by atoms with Gasteiger partial charge >= 0.3 is 0 Å².